The van der Waals surface area contributed by atoms with E-state index in [1.165, 1.54) is 16.7 Å². The van der Waals surface area contributed by atoms with Gasteiger partial charge in [-0.05, 0) is 37.6 Å². The highest BCUT2D eigenvalue weighted by atomic mass is 35.5. The van der Waals surface area contributed by atoms with Crippen molar-refractivity contribution >= 4 is 46.4 Å². The molecule has 0 spiro atoms. The lowest BCUT2D eigenvalue weighted by Crippen LogP contribution is -2.31. The Balaban J connectivity index is 2.31. The summed E-state index contributed by atoms with van der Waals surface area (Å²) in [7, 11) is 0. The van der Waals surface area contributed by atoms with Crippen LogP contribution in [0.3, 0.4) is 0 Å². The topological polar surface area (TPSA) is 74.9 Å². The molecule has 0 bridgehead atoms. The van der Waals surface area contributed by atoms with Crippen molar-refractivity contribution < 1.29 is 4.79 Å². The molecule has 2 aromatic rings. The molecule has 0 unspecified atom stereocenters. The summed E-state index contributed by atoms with van der Waals surface area (Å²) in [6, 6.07) is 6.38. The number of nitriles is 1. The molecule has 5 nitrogen and oxygen atoms in total. The fraction of sp³-hybridized carbons (Fsp3) is 0.188. The molecule has 2 rings (SSSR count). The Morgan fingerprint density at radius 1 is 1.17 bits per heavy atom. The van der Waals surface area contributed by atoms with Gasteiger partial charge in [0.2, 0.25) is 5.91 Å². The molecule has 1 N–H and O–H groups in total. The molecular weight excluding hydrogens is 373 g/mol. The van der Waals surface area contributed by atoms with E-state index in [4.69, 9.17) is 40.1 Å². The summed E-state index contributed by atoms with van der Waals surface area (Å²) in [5.74, 6) is -0.478. The highest BCUT2D eigenvalue weighted by Gasteiger charge is 2.14. The third-order valence-electron chi connectivity index (χ3n) is 3.40. The number of carbonyl (C=O) groups excluding carboxylic acids is 1. The summed E-state index contributed by atoms with van der Waals surface area (Å²) in [5.41, 5.74) is 0.941. The van der Waals surface area contributed by atoms with Gasteiger partial charge in [-0.2, -0.15) is 5.26 Å². The number of halogens is 3. The first kappa shape index (κ1) is 18.3. The maximum atomic E-state index is 12.3. The molecular formula is C16H12Cl3N3O2. The van der Waals surface area contributed by atoms with Crippen LogP contribution in [0.25, 0.3) is 0 Å². The number of carbonyl (C=O) groups is 1. The van der Waals surface area contributed by atoms with Crippen LogP contribution < -0.4 is 10.9 Å². The minimum atomic E-state index is -0.509. The lowest BCUT2D eigenvalue weighted by molar-refractivity contribution is -0.116. The van der Waals surface area contributed by atoms with Crippen molar-refractivity contribution in [1.82, 2.24) is 4.57 Å². The average molecular weight is 385 g/mol. The van der Waals surface area contributed by atoms with Crippen LogP contribution in [0.5, 0.6) is 0 Å². The molecule has 0 radical (unpaired) electrons. The summed E-state index contributed by atoms with van der Waals surface area (Å²) in [5, 5.41) is 12.4. The minimum absolute atomic E-state index is 0.0148. The van der Waals surface area contributed by atoms with Crippen LogP contribution in [0.1, 0.15) is 16.8 Å². The standard InChI is InChI=1S/C16H12Cl3N3O2/c1-8-3-9(2)22(16(24)10(8)6-20)7-15(23)21-14-5-12(18)11(17)4-13(14)19/h3-5H,7H2,1-2H3,(H,21,23). The molecule has 0 saturated heterocycles. The number of aryl methyl sites for hydroxylation is 2. The fourth-order valence-corrected chi connectivity index (χ4v) is 2.81. The highest BCUT2D eigenvalue weighted by Crippen LogP contribution is 2.32. The van der Waals surface area contributed by atoms with Crippen LogP contribution in [0.4, 0.5) is 5.69 Å². The second-order valence-corrected chi connectivity index (χ2v) is 6.36. The zero-order valence-corrected chi connectivity index (χ0v) is 15.1. The number of rotatable bonds is 3. The quantitative estimate of drug-likeness (QED) is 0.815. The van der Waals surface area contributed by atoms with Gasteiger partial charge >= 0.3 is 0 Å². The number of amides is 1. The van der Waals surface area contributed by atoms with E-state index in [-0.39, 0.29) is 32.9 Å². The first-order valence-corrected chi connectivity index (χ1v) is 7.93. The Kier molecular flexibility index (Phi) is 5.55. The van der Waals surface area contributed by atoms with Crippen LogP contribution in [0.15, 0.2) is 23.0 Å². The van der Waals surface area contributed by atoms with Gasteiger partial charge in [-0.15, -0.1) is 0 Å². The van der Waals surface area contributed by atoms with Gasteiger partial charge in [0.05, 0.1) is 20.8 Å². The Morgan fingerprint density at radius 3 is 2.42 bits per heavy atom. The van der Waals surface area contributed by atoms with Gasteiger partial charge in [0, 0.05) is 5.69 Å². The largest absolute Gasteiger partial charge is 0.323 e. The lowest BCUT2D eigenvalue weighted by Gasteiger charge is -2.13. The molecule has 0 aliphatic rings. The molecule has 1 aromatic carbocycles. The van der Waals surface area contributed by atoms with Crippen LogP contribution >= 0.6 is 34.8 Å². The smallest absolute Gasteiger partial charge is 0.269 e. The fourth-order valence-electron chi connectivity index (χ4n) is 2.21. The molecule has 0 aliphatic heterocycles. The van der Waals surface area contributed by atoms with Crippen LogP contribution in [-0.2, 0) is 11.3 Å². The van der Waals surface area contributed by atoms with E-state index in [0.29, 0.717) is 11.3 Å². The number of hydrogen-bond acceptors (Lipinski definition) is 3. The van der Waals surface area contributed by atoms with Crippen molar-refractivity contribution in [3.05, 3.63) is 60.4 Å². The number of hydrogen-bond donors (Lipinski definition) is 1. The number of aromatic nitrogens is 1. The zero-order chi connectivity index (χ0) is 18.0. The Hall–Kier alpha value is -2.00. The number of pyridine rings is 1. The molecule has 0 atom stereocenters. The molecule has 0 saturated carbocycles. The van der Waals surface area contributed by atoms with Crippen molar-refractivity contribution in [2.75, 3.05) is 5.32 Å². The van der Waals surface area contributed by atoms with Gasteiger partial charge in [-0.1, -0.05) is 34.8 Å². The molecule has 0 aliphatic carbocycles. The first-order chi connectivity index (χ1) is 11.2. The Labute approximate surface area is 153 Å². The van der Waals surface area contributed by atoms with E-state index < -0.39 is 11.5 Å². The summed E-state index contributed by atoms with van der Waals surface area (Å²) in [4.78, 5) is 24.5. The maximum absolute atomic E-state index is 12.3. The molecule has 1 aromatic heterocycles. The third-order valence-corrected chi connectivity index (χ3v) is 4.44. The average Bonchev–Trinajstić information content (AvgIpc) is 2.49. The number of anilines is 1. The predicted molar refractivity (Wildman–Crippen MR) is 95.0 cm³/mol. The lowest BCUT2D eigenvalue weighted by atomic mass is 10.1. The minimum Gasteiger partial charge on any atom is -0.323 e. The van der Waals surface area contributed by atoms with Crippen molar-refractivity contribution in [3.63, 3.8) is 0 Å². The van der Waals surface area contributed by atoms with Crippen LogP contribution in [0, 0.1) is 25.2 Å². The number of nitrogens with zero attached hydrogens (tertiary/aromatic N) is 2. The van der Waals surface area contributed by atoms with Gasteiger partial charge in [-0.3, -0.25) is 9.59 Å². The van der Waals surface area contributed by atoms with E-state index in [2.05, 4.69) is 5.32 Å². The summed E-state index contributed by atoms with van der Waals surface area (Å²) in [6.45, 7) is 3.11. The Bertz CT molecular complexity index is 930. The normalized spacial score (nSPS) is 10.3. The summed E-state index contributed by atoms with van der Waals surface area (Å²) >= 11 is 17.8. The first-order valence-electron chi connectivity index (χ1n) is 6.80. The Morgan fingerprint density at radius 2 is 1.79 bits per heavy atom. The number of nitrogens with one attached hydrogen (secondary N) is 1. The van der Waals surface area contributed by atoms with Crippen molar-refractivity contribution in [2.45, 2.75) is 20.4 Å². The van der Waals surface area contributed by atoms with Crippen molar-refractivity contribution in [3.8, 4) is 6.07 Å². The van der Waals surface area contributed by atoms with E-state index in [1.807, 2.05) is 6.07 Å². The van der Waals surface area contributed by atoms with E-state index in [1.54, 1.807) is 19.9 Å². The van der Waals surface area contributed by atoms with Crippen molar-refractivity contribution in [1.29, 1.82) is 5.26 Å². The molecule has 1 heterocycles. The molecule has 24 heavy (non-hydrogen) atoms. The van der Waals surface area contributed by atoms with Crippen molar-refractivity contribution in [2.24, 2.45) is 0 Å². The van der Waals surface area contributed by atoms with Gasteiger partial charge in [-0.25, -0.2) is 0 Å². The predicted octanol–water partition coefficient (Wildman–Crippen LogP) is 3.94. The SMILES string of the molecule is Cc1cc(C)n(CC(=O)Nc2cc(Cl)c(Cl)cc2Cl)c(=O)c1C#N. The van der Waals surface area contributed by atoms with E-state index >= 15 is 0 Å². The van der Waals surface area contributed by atoms with Gasteiger partial charge in [0.1, 0.15) is 18.2 Å². The van der Waals surface area contributed by atoms with Crippen LogP contribution in [-0.4, -0.2) is 10.5 Å². The maximum Gasteiger partial charge on any atom is 0.269 e. The molecule has 8 heteroatoms. The number of benzene rings is 1. The molecule has 1 amide bonds. The van der Waals surface area contributed by atoms with Gasteiger partial charge in [0.25, 0.3) is 5.56 Å². The van der Waals surface area contributed by atoms with E-state index in [0.717, 1.165) is 0 Å². The molecule has 124 valence electrons. The summed E-state index contributed by atoms with van der Waals surface area (Å²) in [6.07, 6.45) is 0. The van der Waals surface area contributed by atoms with Gasteiger partial charge in [0.15, 0.2) is 0 Å². The molecule has 0 fully saturated rings. The highest BCUT2D eigenvalue weighted by molar-refractivity contribution is 6.44. The zero-order valence-electron chi connectivity index (χ0n) is 12.8. The monoisotopic (exact) mass is 383 g/mol. The van der Waals surface area contributed by atoms with E-state index in [9.17, 15) is 9.59 Å². The summed E-state index contributed by atoms with van der Waals surface area (Å²) < 4.78 is 1.23. The second kappa shape index (κ2) is 7.27. The second-order valence-electron chi connectivity index (χ2n) is 5.14. The van der Waals surface area contributed by atoms with Crippen LogP contribution in [0.2, 0.25) is 15.1 Å². The van der Waals surface area contributed by atoms with Gasteiger partial charge < -0.3 is 9.88 Å². The third kappa shape index (κ3) is 3.73.